The van der Waals surface area contributed by atoms with E-state index in [1.807, 2.05) is 0 Å². The second-order valence-corrected chi connectivity index (χ2v) is 9.01. The van der Waals surface area contributed by atoms with E-state index in [4.69, 9.17) is 4.74 Å². The summed E-state index contributed by atoms with van der Waals surface area (Å²) in [6, 6.07) is 7.18. The van der Waals surface area contributed by atoms with E-state index in [1.165, 1.54) is 0 Å². The van der Waals surface area contributed by atoms with Crippen molar-refractivity contribution < 1.29 is 27.9 Å². The minimum atomic E-state index is -3.69. The fourth-order valence-corrected chi connectivity index (χ4v) is 4.22. The highest BCUT2D eigenvalue weighted by Gasteiger charge is 2.51. The van der Waals surface area contributed by atoms with Crippen LogP contribution in [0.1, 0.15) is 26.3 Å². The van der Waals surface area contributed by atoms with Crippen LogP contribution >= 0.6 is 0 Å². The zero-order valence-corrected chi connectivity index (χ0v) is 14.6. The van der Waals surface area contributed by atoms with Crippen LogP contribution in [-0.4, -0.2) is 48.5 Å². The lowest BCUT2D eigenvalue weighted by Crippen LogP contribution is -2.49. The van der Waals surface area contributed by atoms with Crippen LogP contribution in [-0.2, 0) is 25.1 Å². The first-order valence-corrected chi connectivity index (χ1v) is 9.29. The summed E-state index contributed by atoms with van der Waals surface area (Å²) >= 11 is 0. The average Bonchev–Trinajstić information content (AvgIpc) is 2.76. The average molecular weight is 355 g/mol. The third kappa shape index (κ3) is 4.05. The summed E-state index contributed by atoms with van der Waals surface area (Å²) in [5, 5.41) is 9.42. The van der Waals surface area contributed by atoms with Gasteiger partial charge in [0.05, 0.1) is 11.5 Å². The van der Waals surface area contributed by atoms with Crippen LogP contribution in [0.3, 0.4) is 0 Å². The molecule has 1 aromatic rings. The minimum absolute atomic E-state index is 0.259. The van der Waals surface area contributed by atoms with Gasteiger partial charge in [0.25, 0.3) is 0 Å². The number of sulfone groups is 1. The molecule has 0 spiro atoms. The van der Waals surface area contributed by atoms with Crippen LogP contribution in [0.15, 0.2) is 30.3 Å². The number of carbonyl (C=O) groups excluding carboxylic acids is 1. The molecular weight excluding hydrogens is 334 g/mol. The van der Waals surface area contributed by atoms with Crippen molar-refractivity contribution >= 4 is 21.9 Å². The molecule has 0 bridgehead atoms. The highest BCUT2D eigenvalue weighted by Crippen LogP contribution is 2.33. The third-order valence-corrected chi connectivity index (χ3v) is 5.29. The lowest BCUT2D eigenvalue weighted by molar-refractivity contribution is -0.147. The number of hydrogen-bond donors (Lipinski definition) is 1. The molecule has 24 heavy (non-hydrogen) atoms. The van der Waals surface area contributed by atoms with Crippen molar-refractivity contribution in [2.24, 2.45) is 5.41 Å². The van der Waals surface area contributed by atoms with Crippen LogP contribution in [0.4, 0.5) is 4.79 Å². The van der Waals surface area contributed by atoms with Crippen LogP contribution in [0, 0.1) is 5.41 Å². The number of esters is 1. The van der Waals surface area contributed by atoms with E-state index in [2.05, 4.69) is 0 Å². The quantitative estimate of drug-likeness (QED) is 0.828. The highest BCUT2D eigenvalue weighted by molar-refractivity contribution is 7.90. The number of amides is 1. The van der Waals surface area contributed by atoms with Gasteiger partial charge in [-0.15, -0.1) is 0 Å². The van der Waals surface area contributed by atoms with Crippen molar-refractivity contribution in [3.05, 3.63) is 35.9 Å². The monoisotopic (exact) mass is 355 g/mol. The van der Waals surface area contributed by atoms with Crippen molar-refractivity contribution in [3.8, 4) is 0 Å². The molecule has 8 heteroatoms. The van der Waals surface area contributed by atoms with Gasteiger partial charge in [-0.05, 0) is 5.56 Å². The number of benzene rings is 1. The molecule has 7 nitrogen and oxygen atoms in total. The van der Waals surface area contributed by atoms with E-state index in [0.717, 1.165) is 4.90 Å². The van der Waals surface area contributed by atoms with Crippen LogP contribution in [0.2, 0.25) is 0 Å². The number of carboxylic acid groups (broad SMARTS) is 1. The van der Waals surface area contributed by atoms with E-state index < -0.39 is 45.3 Å². The molecule has 0 unspecified atom stereocenters. The van der Waals surface area contributed by atoms with E-state index in [0.29, 0.717) is 5.56 Å². The third-order valence-electron chi connectivity index (χ3n) is 3.69. The van der Waals surface area contributed by atoms with Gasteiger partial charge >= 0.3 is 12.1 Å². The molecule has 1 aliphatic rings. The molecule has 1 fully saturated rings. The summed E-state index contributed by atoms with van der Waals surface area (Å²) in [5.74, 6) is -1.68. The fourth-order valence-electron chi connectivity index (χ4n) is 2.63. The van der Waals surface area contributed by atoms with E-state index >= 15 is 0 Å². The zero-order chi connectivity index (χ0) is 18.1. The Balaban J connectivity index is 2.23. The molecule has 1 N–H and O–H groups in total. The maximum Gasteiger partial charge on any atom is 0.411 e. The Labute approximate surface area is 141 Å². The van der Waals surface area contributed by atoms with Gasteiger partial charge in [-0.25, -0.2) is 18.0 Å². The van der Waals surface area contributed by atoms with Crippen molar-refractivity contribution in [2.75, 3.05) is 5.75 Å². The van der Waals surface area contributed by atoms with Crippen molar-refractivity contribution in [1.82, 2.24) is 4.90 Å². The van der Waals surface area contributed by atoms with Gasteiger partial charge in [0.1, 0.15) is 0 Å². The maximum absolute atomic E-state index is 12.4. The summed E-state index contributed by atoms with van der Waals surface area (Å²) in [5.41, 5.74) is -0.0791. The van der Waals surface area contributed by atoms with Crippen molar-refractivity contribution in [3.63, 3.8) is 0 Å². The molecule has 2 atom stereocenters. The van der Waals surface area contributed by atoms with Crippen LogP contribution in [0.25, 0.3) is 0 Å². The fraction of sp³-hybridized carbons (Fsp3) is 0.500. The lowest BCUT2D eigenvalue weighted by atomic mass is 9.93. The van der Waals surface area contributed by atoms with Gasteiger partial charge in [0.15, 0.2) is 22.1 Å². The molecule has 1 saturated heterocycles. The Morgan fingerprint density at radius 3 is 2.33 bits per heavy atom. The summed E-state index contributed by atoms with van der Waals surface area (Å²) in [6.07, 6.45) is -2.39. The van der Waals surface area contributed by atoms with Gasteiger partial charge in [-0.3, -0.25) is 4.90 Å². The molecule has 1 aromatic carbocycles. The topological polar surface area (TPSA) is 101 Å². The molecule has 0 aliphatic carbocycles. The number of ether oxygens (including phenoxy) is 1. The number of carbonyl (C=O) groups is 2. The zero-order valence-electron chi connectivity index (χ0n) is 13.8. The first-order chi connectivity index (χ1) is 11.0. The largest absolute Gasteiger partial charge is 0.465 e. The van der Waals surface area contributed by atoms with Gasteiger partial charge in [-0.1, -0.05) is 51.1 Å². The van der Waals surface area contributed by atoms with Crippen LogP contribution in [0.5, 0.6) is 0 Å². The number of cyclic esters (lactones) is 1. The molecule has 0 aromatic heterocycles. The lowest BCUT2D eigenvalue weighted by Gasteiger charge is -2.32. The number of hydrogen-bond acceptors (Lipinski definition) is 5. The minimum Gasteiger partial charge on any atom is -0.465 e. The maximum atomic E-state index is 12.4. The predicted octanol–water partition coefficient (Wildman–Crippen LogP) is 1.88. The summed E-state index contributed by atoms with van der Waals surface area (Å²) < 4.78 is 29.9. The molecule has 132 valence electrons. The van der Waals surface area contributed by atoms with E-state index in [-0.39, 0.29) is 5.75 Å². The smallest absolute Gasteiger partial charge is 0.411 e. The number of nitrogens with zero attached hydrogens (tertiary/aromatic N) is 1. The molecule has 2 rings (SSSR count). The highest BCUT2D eigenvalue weighted by atomic mass is 32.2. The van der Waals surface area contributed by atoms with Crippen molar-refractivity contribution in [2.45, 2.75) is 38.8 Å². The van der Waals surface area contributed by atoms with Gasteiger partial charge in [0, 0.05) is 5.41 Å². The van der Waals surface area contributed by atoms with Gasteiger partial charge in [-0.2, -0.15) is 0 Å². The van der Waals surface area contributed by atoms with Gasteiger partial charge in [0.2, 0.25) is 0 Å². The Hall–Kier alpha value is -2.09. The Bertz CT molecular complexity index is 723. The second-order valence-electron chi connectivity index (χ2n) is 6.90. The van der Waals surface area contributed by atoms with E-state index in [1.54, 1.807) is 51.1 Å². The second kappa shape index (κ2) is 6.43. The predicted molar refractivity (Wildman–Crippen MR) is 86.9 cm³/mol. The number of rotatable bonds is 4. The Kier molecular flexibility index (Phi) is 4.89. The standard InChI is InChI=1S/C16H21NO6S/c1-16(2,3)14-17(15(19)20)12(13(18)23-14)10-24(21,22)9-11-7-5-4-6-8-11/h4-8,12,14H,9-10H2,1-3H3,(H,19,20)/t12-,14-/m0/s1. The molecule has 0 radical (unpaired) electrons. The SMILES string of the molecule is CC(C)(C)[C@@H]1OC(=O)[C@H](CS(=O)(=O)Cc2ccccc2)N1C(=O)O. The first-order valence-electron chi connectivity index (χ1n) is 7.47. The normalized spacial score (nSPS) is 21.6. The summed E-state index contributed by atoms with van der Waals surface area (Å²) in [4.78, 5) is 24.5. The van der Waals surface area contributed by atoms with Crippen LogP contribution < -0.4 is 0 Å². The Morgan fingerprint density at radius 1 is 1.25 bits per heavy atom. The summed E-state index contributed by atoms with van der Waals surface area (Å²) in [7, 11) is -3.69. The molecule has 1 aliphatic heterocycles. The molecular formula is C16H21NO6S. The summed E-state index contributed by atoms with van der Waals surface area (Å²) in [6.45, 7) is 5.17. The molecule has 0 saturated carbocycles. The van der Waals surface area contributed by atoms with E-state index in [9.17, 15) is 23.1 Å². The molecule has 1 heterocycles. The first kappa shape index (κ1) is 18.3. The van der Waals surface area contributed by atoms with Gasteiger partial charge < -0.3 is 9.84 Å². The molecule has 1 amide bonds. The van der Waals surface area contributed by atoms with Crippen molar-refractivity contribution in [1.29, 1.82) is 0 Å². The Morgan fingerprint density at radius 2 is 1.83 bits per heavy atom.